The maximum Gasteiger partial charge on any atom is 0.226 e. The van der Waals surface area contributed by atoms with Gasteiger partial charge in [0.1, 0.15) is 5.01 Å². The molecule has 1 amide bonds. The predicted octanol–water partition coefficient (Wildman–Crippen LogP) is 5.38. The minimum atomic E-state index is -0.126. The minimum Gasteiger partial charge on any atom is -0.344 e. The number of hydrogen-bond donors (Lipinski definition) is 1. The molecule has 0 bridgehead atoms. The van der Waals surface area contributed by atoms with Gasteiger partial charge in [-0.1, -0.05) is 36.4 Å². The van der Waals surface area contributed by atoms with Gasteiger partial charge in [0.25, 0.3) is 0 Å². The summed E-state index contributed by atoms with van der Waals surface area (Å²) in [4.78, 5) is 18.4. The molecule has 0 spiro atoms. The molecule has 1 N–H and O–H groups in total. The molecule has 0 radical (unpaired) electrons. The zero-order valence-corrected chi connectivity index (χ0v) is 16.2. The number of carbonyl (C=O) groups excluding carboxylic acids is 1. The molecule has 0 saturated carbocycles. The van der Waals surface area contributed by atoms with E-state index < -0.39 is 0 Å². The van der Waals surface area contributed by atoms with Gasteiger partial charge in [0.05, 0.1) is 18.2 Å². The second-order valence-corrected chi connectivity index (χ2v) is 8.38. The quantitative estimate of drug-likeness (QED) is 0.475. The lowest BCUT2D eigenvalue weighted by molar-refractivity contribution is -0.120. The largest absolute Gasteiger partial charge is 0.344 e. The summed E-state index contributed by atoms with van der Waals surface area (Å²) in [6.07, 6.45) is 0.287. The van der Waals surface area contributed by atoms with Gasteiger partial charge < -0.3 is 5.32 Å². The average Bonchev–Trinajstić information content (AvgIpc) is 3.41. The second-order valence-electron chi connectivity index (χ2n) is 5.76. The summed E-state index contributed by atoms with van der Waals surface area (Å²) in [5.74, 6) is -0.0191. The standard InChI is InChI=1S/C20H16N2OS3/c23-18(11-16-13-26-20(21-16)15-8-10-24-12-15)22-19(17-7-4-9-25-17)14-5-2-1-3-6-14/h1-10,12-13,19H,11H2,(H,22,23). The Morgan fingerprint density at radius 3 is 2.62 bits per heavy atom. The van der Waals surface area contributed by atoms with Gasteiger partial charge in [-0.25, -0.2) is 4.98 Å². The lowest BCUT2D eigenvalue weighted by atomic mass is 10.1. The number of carbonyl (C=O) groups is 1. The van der Waals surface area contributed by atoms with Crippen molar-refractivity contribution in [3.63, 3.8) is 0 Å². The molecule has 26 heavy (non-hydrogen) atoms. The van der Waals surface area contributed by atoms with Crippen LogP contribution in [0.15, 0.2) is 70.1 Å². The van der Waals surface area contributed by atoms with Gasteiger partial charge in [-0.15, -0.1) is 22.7 Å². The molecule has 1 atom stereocenters. The third-order valence-electron chi connectivity index (χ3n) is 3.93. The Morgan fingerprint density at radius 2 is 1.88 bits per heavy atom. The molecule has 0 aliphatic carbocycles. The van der Waals surface area contributed by atoms with Crippen molar-refractivity contribution in [3.05, 3.63) is 86.2 Å². The Hall–Kier alpha value is -2.28. The Balaban J connectivity index is 1.49. The van der Waals surface area contributed by atoms with Crippen molar-refractivity contribution in [2.75, 3.05) is 0 Å². The number of aromatic nitrogens is 1. The van der Waals surface area contributed by atoms with Crippen LogP contribution in [-0.2, 0) is 11.2 Å². The van der Waals surface area contributed by atoms with Crippen LogP contribution in [0.4, 0.5) is 0 Å². The fourth-order valence-electron chi connectivity index (χ4n) is 2.70. The summed E-state index contributed by atoms with van der Waals surface area (Å²) in [7, 11) is 0. The number of nitrogens with zero attached hydrogens (tertiary/aromatic N) is 1. The lowest BCUT2D eigenvalue weighted by Crippen LogP contribution is -2.30. The van der Waals surface area contributed by atoms with Gasteiger partial charge in [-0.05, 0) is 28.5 Å². The Morgan fingerprint density at radius 1 is 1.00 bits per heavy atom. The average molecular weight is 397 g/mol. The van der Waals surface area contributed by atoms with E-state index in [1.807, 2.05) is 52.5 Å². The molecule has 0 aliphatic rings. The van der Waals surface area contributed by atoms with E-state index in [0.717, 1.165) is 26.7 Å². The predicted molar refractivity (Wildman–Crippen MR) is 110 cm³/mol. The van der Waals surface area contributed by atoms with Crippen molar-refractivity contribution < 1.29 is 4.79 Å². The second kappa shape index (κ2) is 7.95. The first-order valence-electron chi connectivity index (χ1n) is 8.14. The Bertz CT molecular complexity index is 960. The number of hydrogen-bond acceptors (Lipinski definition) is 5. The third-order valence-corrected chi connectivity index (χ3v) is 6.49. The smallest absolute Gasteiger partial charge is 0.226 e. The van der Waals surface area contributed by atoms with Gasteiger partial charge in [-0.2, -0.15) is 11.3 Å². The van der Waals surface area contributed by atoms with Gasteiger partial charge >= 0.3 is 0 Å². The third kappa shape index (κ3) is 3.93. The molecule has 3 heterocycles. The highest BCUT2D eigenvalue weighted by Gasteiger charge is 2.18. The monoisotopic (exact) mass is 396 g/mol. The number of benzene rings is 1. The zero-order chi connectivity index (χ0) is 17.8. The van der Waals surface area contributed by atoms with Crippen LogP contribution in [0.2, 0.25) is 0 Å². The van der Waals surface area contributed by atoms with Crippen LogP contribution >= 0.6 is 34.0 Å². The highest BCUT2D eigenvalue weighted by molar-refractivity contribution is 7.14. The first kappa shape index (κ1) is 17.1. The normalized spacial score (nSPS) is 12.0. The van der Waals surface area contributed by atoms with Gasteiger partial charge in [0, 0.05) is 21.2 Å². The number of thiazole rings is 1. The van der Waals surface area contributed by atoms with Gasteiger partial charge in [-0.3, -0.25) is 4.79 Å². The Kier molecular flexibility index (Phi) is 5.24. The Labute approximate surface area is 164 Å². The summed E-state index contributed by atoms with van der Waals surface area (Å²) in [5.41, 5.74) is 3.01. The van der Waals surface area contributed by atoms with Gasteiger partial charge in [0.15, 0.2) is 0 Å². The van der Waals surface area contributed by atoms with E-state index in [-0.39, 0.29) is 18.4 Å². The maximum absolute atomic E-state index is 12.6. The summed E-state index contributed by atoms with van der Waals surface area (Å²) in [6, 6.07) is 16.1. The molecular formula is C20H16N2OS3. The van der Waals surface area contributed by atoms with Crippen LogP contribution < -0.4 is 5.32 Å². The highest BCUT2D eigenvalue weighted by atomic mass is 32.1. The van der Waals surface area contributed by atoms with E-state index in [1.54, 1.807) is 34.0 Å². The fourth-order valence-corrected chi connectivity index (χ4v) is 5.04. The summed E-state index contributed by atoms with van der Waals surface area (Å²) in [5, 5.41) is 12.2. The molecule has 0 aliphatic heterocycles. The van der Waals surface area contributed by atoms with E-state index >= 15 is 0 Å². The van der Waals surface area contributed by atoms with Crippen LogP contribution in [0.3, 0.4) is 0 Å². The van der Waals surface area contributed by atoms with Crippen molar-refractivity contribution >= 4 is 39.9 Å². The molecule has 3 nitrogen and oxygen atoms in total. The summed E-state index contributed by atoms with van der Waals surface area (Å²) >= 11 is 4.88. The van der Waals surface area contributed by atoms with E-state index in [2.05, 4.69) is 27.8 Å². The van der Waals surface area contributed by atoms with Crippen LogP contribution in [-0.4, -0.2) is 10.9 Å². The number of nitrogens with one attached hydrogen (secondary N) is 1. The van der Waals surface area contributed by atoms with Crippen LogP contribution in [0.25, 0.3) is 10.6 Å². The van der Waals surface area contributed by atoms with Crippen molar-refractivity contribution in [2.45, 2.75) is 12.5 Å². The van der Waals surface area contributed by atoms with E-state index in [9.17, 15) is 4.79 Å². The number of amides is 1. The molecular weight excluding hydrogens is 380 g/mol. The molecule has 130 valence electrons. The van der Waals surface area contributed by atoms with Gasteiger partial charge in [0.2, 0.25) is 5.91 Å². The number of rotatable bonds is 6. The first-order chi connectivity index (χ1) is 12.8. The first-order valence-corrected chi connectivity index (χ1v) is 10.8. The van der Waals surface area contributed by atoms with Crippen molar-refractivity contribution in [1.29, 1.82) is 0 Å². The topological polar surface area (TPSA) is 42.0 Å². The molecule has 0 saturated heterocycles. The lowest BCUT2D eigenvalue weighted by Gasteiger charge is -2.17. The SMILES string of the molecule is O=C(Cc1csc(-c2ccsc2)n1)NC(c1ccccc1)c1cccs1. The molecule has 4 aromatic rings. The van der Waals surface area contributed by atoms with Crippen molar-refractivity contribution in [1.82, 2.24) is 10.3 Å². The fraction of sp³-hybridized carbons (Fsp3) is 0.100. The van der Waals surface area contributed by atoms with Crippen LogP contribution in [0, 0.1) is 0 Å². The number of thiophene rings is 2. The maximum atomic E-state index is 12.6. The van der Waals surface area contributed by atoms with E-state index in [0.29, 0.717) is 0 Å². The molecule has 1 unspecified atom stereocenters. The summed E-state index contributed by atoms with van der Waals surface area (Å²) < 4.78 is 0. The molecule has 1 aromatic carbocycles. The molecule has 6 heteroatoms. The molecule has 4 rings (SSSR count). The molecule has 3 aromatic heterocycles. The van der Waals surface area contributed by atoms with Crippen molar-refractivity contribution in [2.24, 2.45) is 0 Å². The minimum absolute atomic E-state index is 0.0191. The summed E-state index contributed by atoms with van der Waals surface area (Å²) in [6.45, 7) is 0. The highest BCUT2D eigenvalue weighted by Crippen LogP contribution is 2.27. The zero-order valence-electron chi connectivity index (χ0n) is 13.8. The van der Waals surface area contributed by atoms with E-state index in [1.165, 1.54) is 0 Å². The van der Waals surface area contributed by atoms with E-state index in [4.69, 9.17) is 0 Å². The van der Waals surface area contributed by atoms with Crippen LogP contribution in [0.1, 0.15) is 22.2 Å². The van der Waals surface area contributed by atoms with Crippen molar-refractivity contribution in [3.8, 4) is 10.6 Å². The molecule has 0 fully saturated rings. The van der Waals surface area contributed by atoms with Crippen LogP contribution in [0.5, 0.6) is 0 Å².